The molecule has 7 nitrogen and oxygen atoms in total. The zero-order valence-electron chi connectivity index (χ0n) is 17.8. The predicted molar refractivity (Wildman–Crippen MR) is 126 cm³/mol. The average molecular weight is 487 g/mol. The van der Waals surface area contributed by atoms with E-state index in [4.69, 9.17) is 39.1 Å². The highest BCUT2D eigenvalue weighted by atomic mass is 35.5. The van der Waals surface area contributed by atoms with Crippen molar-refractivity contribution < 1.29 is 9.13 Å². The molecule has 1 saturated carbocycles. The largest absolute Gasteiger partial charge is 0.483 e. The van der Waals surface area contributed by atoms with E-state index in [9.17, 15) is 4.39 Å². The van der Waals surface area contributed by atoms with E-state index in [1.165, 1.54) is 31.3 Å². The molecular formula is C23H21Cl2FN6O. The minimum Gasteiger partial charge on any atom is -0.483 e. The number of pyridine rings is 1. The van der Waals surface area contributed by atoms with Crippen molar-refractivity contribution in [3.63, 3.8) is 0 Å². The summed E-state index contributed by atoms with van der Waals surface area (Å²) in [7, 11) is 0. The van der Waals surface area contributed by atoms with Crippen LogP contribution < -0.4 is 15.4 Å². The van der Waals surface area contributed by atoms with E-state index < -0.39 is 11.9 Å². The van der Waals surface area contributed by atoms with Crippen LogP contribution in [0.25, 0.3) is 0 Å². The van der Waals surface area contributed by atoms with Crippen molar-refractivity contribution in [2.24, 2.45) is 5.41 Å². The molecule has 2 aromatic heterocycles. The zero-order valence-corrected chi connectivity index (χ0v) is 19.3. The highest BCUT2D eigenvalue weighted by molar-refractivity contribution is 6.35. The summed E-state index contributed by atoms with van der Waals surface area (Å²) in [5.74, 6) is -0.0797. The molecule has 3 N–H and O–H groups in total. The SMILES string of the molecule is C[C@@H](Oc1cc(C(=N)c2cnc(N3CC4(CC4)C3)nc2)c(N)cc1F)c1c(Cl)cncc1Cl. The van der Waals surface area contributed by atoms with Crippen molar-refractivity contribution in [1.82, 2.24) is 15.0 Å². The summed E-state index contributed by atoms with van der Waals surface area (Å²) >= 11 is 12.4. The summed E-state index contributed by atoms with van der Waals surface area (Å²) in [5.41, 5.74) is 7.97. The number of benzene rings is 1. The van der Waals surface area contributed by atoms with Gasteiger partial charge in [-0.15, -0.1) is 0 Å². The first-order chi connectivity index (χ1) is 15.8. The van der Waals surface area contributed by atoms with Gasteiger partial charge >= 0.3 is 0 Å². The van der Waals surface area contributed by atoms with Gasteiger partial charge in [0.25, 0.3) is 0 Å². The standard InChI is InChI=1S/C23H21Cl2FN6O/c1-12(20-15(24)8-29-9-16(20)25)33-19-4-14(18(27)5-17(19)26)21(28)13-6-30-22(31-7-13)32-10-23(11-32)2-3-23/h4-9,12,28H,2-3,10-11,27H2,1H3/t12-/m1/s1. The Bertz CT molecular complexity index is 1220. The first-order valence-corrected chi connectivity index (χ1v) is 11.2. The average Bonchev–Trinajstić information content (AvgIpc) is 3.56. The molecule has 1 spiro atoms. The van der Waals surface area contributed by atoms with Crippen molar-refractivity contribution in [2.75, 3.05) is 23.7 Å². The minimum absolute atomic E-state index is 0.0683. The van der Waals surface area contributed by atoms with Crippen LogP contribution in [-0.4, -0.2) is 33.8 Å². The summed E-state index contributed by atoms with van der Waals surface area (Å²) in [6.07, 6.45) is 7.95. The third-order valence-corrected chi connectivity index (χ3v) is 6.80. The number of hydrogen-bond acceptors (Lipinski definition) is 7. The minimum atomic E-state index is -0.665. The van der Waals surface area contributed by atoms with E-state index in [1.54, 1.807) is 19.3 Å². The molecule has 33 heavy (non-hydrogen) atoms. The van der Waals surface area contributed by atoms with Gasteiger partial charge in [-0.3, -0.25) is 10.4 Å². The smallest absolute Gasteiger partial charge is 0.225 e. The van der Waals surface area contributed by atoms with Crippen molar-refractivity contribution >= 4 is 40.5 Å². The van der Waals surface area contributed by atoms with E-state index in [0.717, 1.165) is 19.2 Å². The molecule has 1 aliphatic heterocycles. The molecule has 0 radical (unpaired) electrons. The lowest BCUT2D eigenvalue weighted by atomic mass is 9.98. The molecule has 170 valence electrons. The fourth-order valence-corrected chi connectivity index (χ4v) is 4.77. The van der Waals surface area contributed by atoms with Crippen molar-refractivity contribution in [2.45, 2.75) is 25.9 Å². The number of anilines is 2. The second-order valence-electron chi connectivity index (χ2n) is 8.65. The van der Waals surface area contributed by atoms with Crippen LogP contribution in [0.4, 0.5) is 16.0 Å². The van der Waals surface area contributed by atoms with Crippen molar-refractivity contribution in [3.8, 4) is 5.75 Å². The number of ether oxygens (including phenoxy) is 1. The molecular weight excluding hydrogens is 466 g/mol. The lowest BCUT2D eigenvalue weighted by molar-refractivity contribution is 0.216. The third-order valence-electron chi connectivity index (χ3n) is 6.19. The first kappa shape index (κ1) is 21.9. The summed E-state index contributed by atoms with van der Waals surface area (Å²) in [5, 5.41) is 9.22. The second-order valence-corrected chi connectivity index (χ2v) is 9.46. The summed E-state index contributed by atoms with van der Waals surface area (Å²) in [6, 6.07) is 2.53. The normalized spacial score (nSPS) is 16.9. The number of hydrogen-bond donors (Lipinski definition) is 2. The first-order valence-electron chi connectivity index (χ1n) is 10.5. The Morgan fingerprint density at radius 1 is 1.15 bits per heavy atom. The molecule has 0 amide bonds. The molecule has 2 aliphatic rings. The van der Waals surface area contributed by atoms with Crippen molar-refractivity contribution in [1.29, 1.82) is 5.41 Å². The third kappa shape index (κ3) is 4.09. The van der Waals surface area contributed by atoms with Crippen LogP contribution in [0.5, 0.6) is 5.75 Å². The van der Waals surface area contributed by atoms with Gasteiger partial charge < -0.3 is 15.4 Å². The molecule has 1 aromatic carbocycles. The highest BCUT2D eigenvalue weighted by Crippen LogP contribution is 2.53. The molecule has 0 bridgehead atoms. The Balaban J connectivity index is 1.37. The Hall–Kier alpha value is -2.97. The van der Waals surface area contributed by atoms with E-state index >= 15 is 0 Å². The number of rotatable bonds is 6. The topological polar surface area (TPSA) is 101 Å². The number of halogens is 3. The molecule has 1 aliphatic carbocycles. The van der Waals surface area contributed by atoms with E-state index in [1.807, 2.05) is 0 Å². The molecule has 0 unspecified atom stereocenters. The number of nitrogens with two attached hydrogens (primary N) is 1. The lowest BCUT2D eigenvalue weighted by Crippen LogP contribution is -2.49. The van der Waals surface area contributed by atoms with Gasteiger partial charge in [0.1, 0.15) is 6.10 Å². The van der Waals surface area contributed by atoms with Gasteiger partial charge in [-0.2, -0.15) is 0 Å². The Labute approximate surface area is 200 Å². The molecule has 10 heteroatoms. The Morgan fingerprint density at radius 3 is 2.39 bits per heavy atom. The van der Waals surface area contributed by atoms with Crippen LogP contribution in [0.15, 0.2) is 36.9 Å². The molecule has 2 fully saturated rings. The highest BCUT2D eigenvalue weighted by Gasteiger charge is 2.53. The molecule has 5 rings (SSSR count). The number of nitrogen functional groups attached to an aromatic ring is 1. The van der Waals surface area contributed by atoms with Gasteiger partial charge in [0, 0.05) is 71.7 Å². The number of nitrogens with one attached hydrogen (secondary N) is 1. The van der Waals surface area contributed by atoms with E-state index in [-0.39, 0.29) is 17.1 Å². The van der Waals surface area contributed by atoms with Crippen LogP contribution in [0, 0.1) is 16.6 Å². The summed E-state index contributed by atoms with van der Waals surface area (Å²) in [4.78, 5) is 14.9. The van der Waals surface area contributed by atoms with Gasteiger partial charge in [0.2, 0.25) is 5.95 Å². The lowest BCUT2D eigenvalue weighted by Gasteiger charge is -2.39. The van der Waals surface area contributed by atoms with Crippen LogP contribution in [0.1, 0.15) is 42.6 Å². The van der Waals surface area contributed by atoms with Gasteiger partial charge in [-0.25, -0.2) is 14.4 Å². The van der Waals surface area contributed by atoms with Gasteiger partial charge in [0.05, 0.1) is 15.8 Å². The fourth-order valence-electron chi connectivity index (χ4n) is 4.10. The van der Waals surface area contributed by atoms with Gasteiger partial charge in [-0.05, 0) is 25.8 Å². The maximum absolute atomic E-state index is 14.6. The molecule has 1 atom stereocenters. The van der Waals surface area contributed by atoms with Crippen LogP contribution in [0.3, 0.4) is 0 Å². The predicted octanol–water partition coefficient (Wildman–Crippen LogP) is 5.06. The molecule has 3 heterocycles. The summed E-state index contributed by atoms with van der Waals surface area (Å²) < 4.78 is 20.5. The second kappa shape index (κ2) is 8.11. The van der Waals surface area contributed by atoms with Crippen LogP contribution in [0.2, 0.25) is 10.0 Å². The molecule has 3 aromatic rings. The fraction of sp³-hybridized carbons (Fsp3) is 0.304. The summed E-state index contributed by atoms with van der Waals surface area (Å²) in [6.45, 7) is 3.67. The number of aromatic nitrogens is 3. The van der Waals surface area contributed by atoms with E-state index in [0.29, 0.717) is 38.1 Å². The van der Waals surface area contributed by atoms with Gasteiger partial charge in [-0.1, -0.05) is 23.2 Å². The Morgan fingerprint density at radius 2 is 1.79 bits per heavy atom. The maximum Gasteiger partial charge on any atom is 0.225 e. The zero-order chi connectivity index (χ0) is 23.3. The van der Waals surface area contributed by atoms with E-state index in [2.05, 4.69) is 19.9 Å². The number of nitrogens with zero attached hydrogens (tertiary/aromatic N) is 4. The Kier molecular flexibility index (Phi) is 5.37. The van der Waals surface area contributed by atoms with Crippen LogP contribution in [-0.2, 0) is 0 Å². The maximum atomic E-state index is 14.6. The monoisotopic (exact) mass is 486 g/mol. The molecule has 1 saturated heterocycles. The van der Waals surface area contributed by atoms with Crippen LogP contribution >= 0.6 is 23.2 Å². The quantitative estimate of drug-likeness (QED) is 0.373. The van der Waals surface area contributed by atoms with Crippen molar-refractivity contribution in [3.05, 3.63) is 69.5 Å². The van der Waals surface area contributed by atoms with Gasteiger partial charge in [0.15, 0.2) is 11.6 Å².